The van der Waals surface area contributed by atoms with Crippen molar-refractivity contribution in [2.24, 2.45) is 0 Å². The monoisotopic (exact) mass is 389 g/mol. The Bertz CT molecular complexity index is 723. The van der Waals surface area contributed by atoms with E-state index in [2.05, 4.69) is 4.90 Å². The molecule has 2 amide bonds. The Labute approximate surface area is 165 Å². The average Bonchev–Trinajstić information content (AvgIpc) is 3.39. The minimum atomic E-state index is -0.360. The van der Waals surface area contributed by atoms with Crippen LogP contribution in [0.4, 0.5) is 4.39 Å². The molecule has 1 aromatic rings. The van der Waals surface area contributed by atoms with Gasteiger partial charge in [-0.2, -0.15) is 0 Å². The molecule has 2 atom stereocenters. The van der Waals surface area contributed by atoms with Crippen LogP contribution in [0.15, 0.2) is 24.3 Å². The molecule has 3 fully saturated rings. The van der Waals surface area contributed by atoms with Crippen molar-refractivity contribution in [2.45, 2.75) is 44.3 Å². The third kappa shape index (κ3) is 3.91. The van der Waals surface area contributed by atoms with E-state index in [0.29, 0.717) is 45.0 Å². The summed E-state index contributed by atoms with van der Waals surface area (Å²) in [6.07, 6.45) is 3.26. The quantitative estimate of drug-likeness (QED) is 0.786. The van der Waals surface area contributed by atoms with Gasteiger partial charge in [0, 0.05) is 31.7 Å². The van der Waals surface area contributed by atoms with Crippen LogP contribution in [0.1, 0.15) is 31.2 Å². The molecule has 0 spiro atoms. The van der Waals surface area contributed by atoms with Crippen LogP contribution in [-0.4, -0.2) is 78.0 Å². The lowest BCUT2D eigenvalue weighted by Crippen LogP contribution is -2.54. The van der Waals surface area contributed by atoms with Crippen molar-refractivity contribution in [1.29, 1.82) is 0 Å². The Balaban J connectivity index is 1.44. The van der Waals surface area contributed by atoms with E-state index in [1.807, 2.05) is 11.0 Å². The standard InChI is InChI=1S/C21H28FN3O3/c22-17-6-2-1-5-16(17)15-24-9-3-7-18(24)21(27)25-10-4-8-19(25)20(26)23-11-13-28-14-12-23/h1-2,5-6,18-19H,3-4,7-15H2. The van der Waals surface area contributed by atoms with Gasteiger partial charge >= 0.3 is 0 Å². The number of hydrogen-bond donors (Lipinski definition) is 0. The van der Waals surface area contributed by atoms with Gasteiger partial charge in [-0.3, -0.25) is 14.5 Å². The number of benzene rings is 1. The SMILES string of the molecule is O=C(C1CCCN1C(=O)C1CCCN1Cc1ccccc1F)N1CCOCC1. The lowest BCUT2D eigenvalue weighted by molar-refractivity contribution is -0.148. The van der Waals surface area contributed by atoms with Crippen LogP contribution in [0.2, 0.25) is 0 Å². The fourth-order valence-electron chi connectivity index (χ4n) is 4.61. The van der Waals surface area contributed by atoms with Gasteiger partial charge in [0.1, 0.15) is 11.9 Å². The van der Waals surface area contributed by atoms with Gasteiger partial charge in [-0.15, -0.1) is 0 Å². The molecule has 0 aromatic heterocycles. The fraction of sp³-hybridized carbons (Fsp3) is 0.619. The highest BCUT2D eigenvalue weighted by Crippen LogP contribution is 2.27. The van der Waals surface area contributed by atoms with Gasteiger partial charge in [-0.05, 0) is 38.3 Å². The van der Waals surface area contributed by atoms with Gasteiger partial charge in [0.05, 0.1) is 19.3 Å². The maximum absolute atomic E-state index is 14.1. The van der Waals surface area contributed by atoms with Gasteiger partial charge in [-0.1, -0.05) is 18.2 Å². The molecule has 7 heteroatoms. The number of morpholine rings is 1. The maximum Gasteiger partial charge on any atom is 0.245 e. The van der Waals surface area contributed by atoms with E-state index in [9.17, 15) is 14.0 Å². The van der Waals surface area contributed by atoms with Crippen LogP contribution in [0.5, 0.6) is 0 Å². The first kappa shape index (κ1) is 19.3. The van der Waals surface area contributed by atoms with E-state index in [-0.39, 0.29) is 29.7 Å². The molecule has 0 N–H and O–H groups in total. The smallest absolute Gasteiger partial charge is 0.245 e. The van der Waals surface area contributed by atoms with Crippen LogP contribution < -0.4 is 0 Å². The first-order chi connectivity index (χ1) is 13.6. The fourth-order valence-corrected chi connectivity index (χ4v) is 4.61. The predicted molar refractivity (Wildman–Crippen MR) is 102 cm³/mol. The minimum Gasteiger partial charge on any atom is -0.378 e. The van der Waals surface area contributed by atoms with Crippen molar-refractivity contribution in [3.63, 3.8) is 0 Å². The van der Waals surface area contributed by atoms with Gasteiger partial charge in [0.2, 0.25) is 11.8 Å². The average molecular weight is 389 g/mol. The molecule has 3 heterocycles. The lowest BCUT2D eigenvalue weighted by Gasteiger charge is -2.35. The molecule has 4 rings (SSSR count). The summed E-state index contributed by atoms with van der Waals surface area (Å²) < 4.78 is 19.4. The van der Waals surface area contributed by atoms with E-state index in [0.717, 1.165) is 32.2 Å². The molecule has 2 unspecified atom stereocenters. The predicted octanol–water partition coefficient (Wildman–Crippen LogP) is 1.64. The molecule has 0 saturated carbocycles. The summed E-state index contributed by atoms with van der Waals surface area (Å²) in [5.74, 6) is -0.159. The highest BCUT2D eigenvalue weighted by atomic mass is 19.1. The number of hydrogen-bond acceptors (Lipinski definition) is 4. The zero-order valence-corrected chi connectivity index (χ0v) is 16.2. The van der Waals surface area contributed by atoms with Crippen LogP contribution in [0.25, 0.3) is 0 Å². The Hall–Kier alpha value is -1.99. The maximum atomic E-state index is 14.1. The van der Waals surface area contributed by atoms with Crippen LogP contribution in [0, 0.1) is 5.82 Å². The molecule has 152 valence electrons. The number of ether oxygens (including phenoxy) is 1. The van der Waals surface area contributed by atoms with E-state index < -0.39 is 0 Å². The first-order valence-electron chi connectivity index (χ1n) is 10.3. The topological polar surface area (TPSA) is 53.1 Å². The number of halogens is 1. The zero-order valence-electron chi connectivity index (χ0n) is 16.2. The molecule has 6 nitrogen and oxygen atoms in total. The second kappa shape index (κ2) is 8.57. The summed E-state index contributed by atoms with van der Waals surface area (Å²) in [4.78, 5) is 32.0. The number of nitrogens with zero attached hydrogens (tertiary/aromatic N) is 3. The third-order valence-electron chi connectivity index (χ3n) is 6.12. The van der Waals surface area contributed by atoms with E-state index >= 15 is 0 Å². The Morgan fingerprint density at radius 1 is 0.964 bits per heavy atom. The molecule has 0 bridgehead atoms. The minimum absolute atomic E-state index is 0.0259. The van der Waals surface area contributed by atoms with Gasteiger partial charge in [0.25, 0.3) is 0 Å². The lowest BCUT2D eigenvalue weighted by atomic mass is 10.1. The highest BCUT2D eigenvalue weighted by molar-refractivity contribution is 5.90. The molecular weight excluding hydrogens is 361 g/mol. The molecule has 0 aliphatic carbocycles. The summed E-state index contributed by atoms with van der Waals surface area (Å²) in [6, 6.07) is 6.11. The molecule has 3 saturated heterocycles. The van der Waals surface area contributed by atoms with Crippen molar-refractivity contribution < 1.29 is 18.7 Å². The summed E-state index contributed by atoms with van der Waals surface area (Å²) in [5, 5.41) is 0. The van der Waals surface area contributed by atoms with E-state index in [1.54, 1.807) is 17.0 Å². The van der Waals surface area contributed by atoms with Gasteiger partial charge < -0.3 is 14.5 Å². The Morgan fingerprint density at radius 2 is 1.68 bits per heavy atom. The molecule has 28 heavy (non-hydrogen) atoms. The highest BCUT2D eigenvalue weighted by Gasteiger charge is 2.42. The van der Waals surface area contributed by atoms with Crippen LogP contribution in [-0.2, 0) is 20.9 Å². The second-order valence-electron chi connectivity index (χ2n) is 7.85. The van der Waals surface area contributed by atoms with Crippen molar-refractivity contribution in [3.05, 3.63) is 35.6 Å². The van der Waals surface area contributed by atoms with Crippen LogP contribution >= 0.6 is 0 Å². The third-order valence-corrected chi connectivity index (χ3v) is 6.12. The largest absolute Gasteiger partial charge is 0.378 e. The van der Waals surface area contributed by atoms with Crippen LogP contribution in [0.3, 0.4) is 0 Å². The molecule has 0 radical (unpaired) electrons. The second-order valence-corrected chi connectivity index (χ2v) is 7.85. The summed E-state index contributed by atoms with van der Waals surface area (Å²) >= 11 is 0. The van der Waals surface area contributed by atoms with E-state index in [1.165, 1.54) is 6.07 Å². The molecule has 3 aliphatic heterocycles. The normalized spacial score (nSPS) is 26.0. The van der Waals surface area contributed by atoms with Crippen molar-refractivity contribution in [1.82, 2.24) is 14.7 Å². The van der Waals surface area contributed by atoms with Crippen molar-refractivity contribution >= 4 is 11.8 Å². The Kier molecular flexibility index (Phi) is 5.92. The van der Waals surface area contributed by atoms with Crippen molar-refractivity contribution in [2.75, 3.05) is 39.4 Å². The summed E-state index contributed by atoms with van der Waals surface area (Å²) in [7, 11) is 0. The summed E-state index contributed by atoms with van der Waals surface area (Å²) in [6.45, 7) is 4.15. The number of carbonyl (C=O) groups is 2. The Morgan fingerprint density at radius 3 is 2.46 bits per heavy atom. The number of carbonyl (C=O) groups excluding carboxylic acids is 2. The number of amides is 2. The van der Waals surface area contributed by atoms with Crippen molar-refractivity contribution in [3.8, 4) is 0 Å². The number of likely N-dealkylation sites (tertiary alicyclic amines) is 2. The molecule has 1 aromatic carbocycles. The number of rotatable bonds is 4. The van der Waals surface area contributed by atoms with E-state index in [4.69, 9.17) is 4.74 Å². The zero-order chi connectivity index (χ0) is 19.5. The van der Waals surface area contributed by atoms with Gasteiger partial charge in [0.15, 0.2) is 0 Å². The van der Waals surface area contributed by atoms with Gasteiger partial charge in [-0.25, -0.2) is 4.39 Å². The first-order valence-corrected chi connectivity index (χ1v) is 10.3. The summed E-state index contributed by atoms with van der Waals surface area (Å²) in [5.41, 5.74) is 0.615. The molecular formula is C21H28FN3O3. The molecule has 3 aliphatic rings.